The van der Waals surface area contributed by atoms with Crippen LogP contribution in [0.3, 0.4) is 0 Å². The van der Waals surface area contributed by atoms with E-state index < -0.39 is 0 Å². The fraction of sp³-hybridized carbons (Fsp3) is 0.556. The van der Waals surface area contributed by atoms with Crippen molar-refractivity contribution >= 4 is 17.4 Å². The number of nitrogens with two attached hydrogens (primary N) is 1. The first-order valence-corrected chi connectivity index (χ1v) is 4.93. The zero-order chi connectivity index (χ0) is 11.3. The molecule has 0 atom stereocenters. The average Bonchev–Trinajstić information content (AvgIpc) is 2.63. The molecule has 0 unspecified atom stereocenters. The van der Waals surface area contributed by atoms with Crippen LogP contribution in [-0.4, -0.2) is 36.2 Å². The van der Waals surface area contributed by atoms with E-state index in [1.807, 2.05) is 11.8 Å². The molecule has 1 rings (SSSR count). The molecule has 84 valence electrons. The molecule has 1 amide bonds. The van der Waals surface area contributed by atoms with Crippen LogP contribution < -0.4 is 16.0 Å². The number of amides is 1. The Morgan fingerprint density at radius 3 is 2.93 bits per heavy atom. The third-order valence-electron chi connectivity index (χ3n) is 2.10. The van der Waals surface area contributed by atoms with Crippen molar-refractivity contribution in [2.24, 2.45) is 0 Å². The lowest BCUT2D eigenvalue weighted by atomic mass is 10.3. The minimum absolute atomic E-state index is 0.0379. The Balaban J connectivity index is 2.74. The van der Waals surface area contributed by atoms with E-state index in [2.05, 4.69) is 15.5 Å². The van der Waals surface area contributed by atoms with Crippen LogP contribution in [-0.2, 0) is 4.79 Å². The van der Waals surface area contributed by atoms with Gasteiger partial charge >= 0.3 is 0 Å². The second-order valence-electron chi connectivity index (χ2n) is 3.26. The molecule has 1 aromatic heterocycles. The monoisotopic (exact) mass is 211 g/mol. The zero-order valence-electron chi connectivity index (χ0n) is 9.08. The first-order chi connectivity index (χ1) is 7.19. The Morgan fingerprint density at radius 1 is 1.73 bits per heavy atom. The predicted molar refractivity (Wildman–Crippen MR) is 59.6 cm³/mol. The van der Waals surface area contributed by atoms with E-state index in [4.69, 9.17) is 5.73 Å². The van der Waals surface area contributed by atoms with E-state index in [-0.39, 0.29) is 5.91 Å². The number of aromatic nitrogens is 2. The third-order valence-corrected chi connectivity index (χ3v) is 2.10. The second kappa shape index (κ2) is 5.23. The van der Waals surface area contributed by atoms with Crippen LogP contribution in [0.15, 0.2) is 6.20 Å². The van der Waals surface area contributed by atoms with Gasteiger partial charge in [-0.05, 0) is 6.42 Å². The summed E-state index contributed by atoms with van der Waals surface area (Å²) in [6.07, 6.45) is 2.58. The third kappa shape index (κ3) is 2.87. The van der Waals surface area contributed by atoms with E-state index >= 15 is 0 Å². The van der Waals surface area contributed by atoms with Crippen LogP contribution in [0.25, 0.3) is 0 Å². The number of likely N-dealkylation sites (N-methyl/N-ethyl adjacent to an activating group) is 1. The molecule has 0 aliphatic heterocycles. The van der Waals surface area contributed by atoms with Gasteiger partial charge in [0.15, 0.2) is 0 Å². The Labute approximate surface area is 88.8 Å². The number of nitrogens with one attached hydrogen (secondary N) is 2. The van der Waals surface area contributed by atoms with Crippen molar-refractivity contribution in [3.8, 4) is 0 Å². The van der Waals surface area contributed by atoms with Crippen LogP contribution in [0.1, 0.15) is 13.3 Å². The highest BCUT2D eigenvalue weighted by atomic mass is 16.1. The molecule has 15 heavy (non-hydrogen) atoms. The van der Waals surface area contributed by atoms with E-state index in [0.717, 1.165) is 18.7 Å². The number of H-pyrrole nitrogens is 1. The highest BCUT2D eigenvalue weighted by Crippen LogP contribution is 2.19. The van der Waals surface area contributed by atoms with Crippen LogP contribution in [0.4, 0.5) is 11.5 Å². The Kier molecular flexibility index (Phi) is 3.96. The van der Waals surface area contributed by atoms with Crippen molar-refractivity contribution in [2.75, 3.05) is 30.8 Å². The lowest BCUT2D eigenvalue weighted by Crippen LogP contribution is -2.36. The summed E-state index contributed by atoms with van der Waals surface area (Å²) >= 11 is 0. The summed E-state index contributed by atoms with van der Waals surface area (Å²) in [7, 11) is 1.62. The topological polar surface area (TPSA) is 87.0 Å². The quantitative estimate of drug-likeness (QED) is 0.637. The molecule has 0 fully saturated rings. The van der Waals surface area contributed by atoms with Gasteiger partial charge in [-0.3, -0.25) is 9.89 Å². The normalized spacial score (nSPS) is 10.0. The van der Waals surface area contributed by atoms with Crippen molar-refractivity contribution in [1.29, 1.82) is 0 Å². The summed E-state index contributed by atoms with van der Waals surface area (Å²) < 4.78 is 0. The van der Waals surface area contributed by atoms with Gasteiger partial charge in [0.25, 0.3) is 0 Å². The lowest BCUT2D eigenvalue weighted by Gasteiger charge is -2.21. The Bertz CT molecular complexity index is 322. The van der Waals surface area contributed by atoms with E-state index in [1.54, 1.807) is 13.2 Å². The number of nitrogen functional groups attached to an aromatic ring is 1. The van der Waals surface area contributed by atoms with Gasteiger partial charge < -0.3 is 16.0 Å². The molecule has 0 aliphatic carbocycles. The minimum Gasteiger partial charge on any atom is -0.382 e. The summed E-state index contributed by atoms with van der Waals surface area (Å²) in [4.78, 5) is 13.2. The molecule has 0 spiro atoms. The van der Waals surface area contributed by atoms with Gasteiger partial charge in [0.2, 0.25) is 5.91 Å². The number of nitrogens with zero attached hydrogens (tertiary/aromatic N) is 2. The Hall–Kier alpha value is -1.72. The van der Waals surface area contributed by atoms with Gasteiger partial charge in [0.1, 0.15) is 5.82 Å². The highest BCUT2D eigenvalue weighted by Gasteiger charge is 2.13. The van der Waals surface area contributed by atoms with Crippen LogP contribution >= 0.6 is 0 Å². The number of anilines is 2. The molecule has 0 saturated carbocycles. The van der Waals surface area contributed by atoms with Gasteiger partial charge in [-0.15, -0.1) is 0 Å². The molecular formula is C9H17N5O. The predicted octanol–water partition coefficient (Wildman–Crippen LogP) is -0.0457. The largest absolute Gasteiger partial charge is 0.382 e. The van der Waals surface area contributed by atoms with E-state index in [9.17, 15) is 4.79 Å². The number of hydrogen-bond donors (Lipinski definition) is 3. The van der Waals surface area contributed by atoms with Crippen molar-refractivity contribution in [3.63, 3.8) is 0 Å². The fourth-order valence-corrected chi connectivity index (χ4v) is 1.35. The number of hydrogen-bond acceptors (Lipinski definition) is 4. The number of aromatic amines is 1. The molecule has 1 aromatic rings. The summed E-state index contributed by atoms with van der Waals surface area (Å²) in [5, 5.41) is 9.07. The van der Waals surface area contributed by atoms with Gasteiger partial charge in [0, 0.05) is 13.6 Å². The minimum atomic E-state index is -0.0379. The molecule has 6 heteroatoms. The number of rotatable bonds is 5. The molecule has 4 N–H and O–H groups in total. The zero-order valence-corrected chi connectivity index (χ0v) is 9.08. The van der Waals surface area contributed by atoms with Crippen LogP contribution in [0, 0.1) is 0 Å². The maximum atomic E-state index is 11.3. The number of carbonyl (C=O) groups is 1. The maximum absolute atomic E-state index is 11.3. The van der Waals surface area contributed by atoms with Gasteiger partial charge in [0.05, 0.1) is 18.4 Å². The molecule has 1 heterocycles. The summed E-state index contributed by atoms with van der Waals surface area (Å²) in [5.41, 5.74) is 6.48. The molecule has 6 nitrogen and oxygen atoms in total. The highest BCUT2D eigenvalue weighted by molar-refractivity contribution is 5.82. The first-order valence-electron chi connectivity index (χ1n) is 4.93. The first kappa shape index (κ1) is 11.4. The van der Waals surface area contributed by atoms with Crippen molar-refractivity contribution in [3.05, 3.63) is 6.20 Å². The molecular weight excluding hydrogens is 194 g/mol. The number of carbonyl (C=O) groups excluding carboxylic acids is 1. The van der Waals surface area contributed by atoms with Crippen LogP contribution in [0.2, 0.25) is 0 Å². The standard InChI is InChI=1S/C9H17N5O/c1-3-4-14(6-8(15)11-2)7-5-12-13-9(7)10/h5H,3-4,6H2,1-2H3,(H,11,15)(H3,10,12,13). The van der Waals surface area contributed by atoms with Crippen molar-refractivity contribution in [1.82, 2.24) is 15.5 Å². The SMILES string of the molecule is CCCN(CC(=O)NC)c1cn[nH]c1N. The molecule has 0 aliphatic rings. The van der Waals surface area contributed by atoms with E-state index in [1.165, 1.54) is 0 Å². The lowest BCUT2D eigenvalue weighted by molar-refractivity contribution is -0.119. The van der Waals surface area contributed by atoms with Crippen molar-refractivity contribution in [2.45, 2.75) is 13.3 Å². The van der Waals surface area contributed by atoms with Crippen LogP contribution in [0.5, 0.6) is 0 Å². The molecule has 0 bridgehead atoms. The Morgan fingerprint density at radius 2 is 2.47 bits per heavy atom. The maximum Gasteiger partial charge on any atom is 0.239 e. The fourth-order valence-electron chi connectivity index (χ4n) is 1.35. The summed E-state index contributed by atoms with van der Waals surface area (Å²) in [6.45, 7) is 3.12. The smallest absolute Gasteiger partial charge is 0.239 e. The average molecular weight is 211 g/mol. The second-order valence-corrected chi connectivity index (χ2v) is 3.26. The summed E-state index contributed by atoms with van der Waals surface area (Å²) in [5.74, 6) is 0.455. The summed E-state index contributed by atoms with van der Waals surface area (Å²) in [6, 6.07) is 0. The van der Waals surface area contributed by atoms with Gasteiger partial charge in [-0.1, -0.05) is 6.92 Å². The molecule has 0 aromatic carbocycles. The van der Waals surface area contributed by atoms with E-state index in [0.29, 0.717) is 12.4 Å². The molecule has 0 radical (unpaired) electrons. The van der Waals surface area contributed by atoms with Gasteiger partial charge in [-0.25, -0.2) is 0 Å². The molecule has 0 saturated heterocycles. The van der Waals surface area contributed by atoms with Gasteiger partial charge in [-0.2, -0.15) is 5.10 Å². The van der Waals surface area contributed by atoms with Crippen molar-refractivity contribution < 1.29 is 4.79 Å².